The van der Waals surface area contributed by atoms with Crippen LogP contribution in [0.15, 0.2) is 78.9 Å². The van der Waals surface area contributed by atoms with Gasteiger partial charge >= 0.3 is 12.1 Å². The van der Waals surface area contributed by atoms with Crippen LogP contribution in [0.25, 0.3) is 0 Å². The molecule has 3 aromatic rings. The number of urea groups is 2. The van der Waals surface area contributed by atoms with Gasteiger partial charge in [0.25, 0.3) is 0 Å². The van der Waals surface area contributed by atoms with Crippen LogP contribution in [0.3, 0.4) is 0 Å². The second kappa shape index (κ2) is 20.5. The van der Waals surface area contributed by atoms with Crippen molar-refractivity contribution in [1.29, 1.82) is 0 Å². The molecule has 0 unspecified atom stereocenters. The SMILES string of the molecule is CCCCCN(CCCCC)C(=O)N1CCN(C(=O)N(c2ccccc2)c2cccc(Cl)c2)[C@H](C(=O)NCCN(C)Cc2ccccc2OC)C1. The minimum atomic E-state index is -0.895. The maximum absolute atomic E-state index is 14.6. The first-order valence-electron chi connectivity index (χ1n) is 18.3. The number of hydrogen-bond donors (Lipinski definition) is 1. The number of halogens is 1. The third-order valence-corrected chi connectivity index (χ3v) is 9.47. The van der Waals surface area contributed by atoms with Crippen molar-refractivity contribution in [2.75, 3.05) is 64.9 Å². The van der Waals surface area contributed by atoms with Crippen LogP contribution in [0, 0.1) is 0 Å². The number of nitrogens with one attached hydrogen (secondary N) is 1. The molecule has 0 bridgehead atoms. The van der Waals surface area contributed by atoms with E-state index >= 15 is 0 Å². The molecule has 0 saturated carbocycles. The largest absolute Gasteiger partial charge is 0.496 e. The average molecular weight is 719 g/mol. The zero-order valence-electron chi connectivity index (χ0n) is 30.7. The van der Waals surface area contributed by atoms with Gasteiger partial charge in [0.05, 0.1) is 25.0 Å². The monoisotopic (exact) mass is 718 g/mol. The van der Waals surface area contributed by atoms with E-state index in [1.54, 1.807) is 40.0 Å². The van der Waals surface area contributed by atoms with E-state index in [0.29, 0.717) is 55.7 Å². The number of benzene rings is 3. The number of ether oxygens (including phenoxy) is 1. The second-order valence-corrected chi connectivity index (χ2v) is 13.5. The maximum atomic E-state index is 14.6. The quantitative estimate of drug-likeness (QED) is 0.145. The lowest BCUT2D eigenvalue weighted by Gasteiger charge is -2.43. The first-order chi connectivity index (χ1) is 24.8. The molecule has 1 saturated heterocycles. The highest BCUT2D eigenvalue weighted by molar-refractivity contribution is 6.31. The number of piperazine rings is 1. The van der Waals surface area contributed by atoms with Crippen molar-refractivity contribution in [2.45, 2.75) is 65.0 Å². The first-order valence-corrected chi connectivity index (χ1v) is 18.7. The van der Waals surface area contributed by atoms with Crippen molar-refractivity contribution in [3.63, 3.8) is 0 Å². The molecule has 276 valence electrons. The molecular weight excluding hydrogens is 664 g/mol. The molecule has 1 N–H and O–H groups in total. The number of anilines is 2. The van der Waals surface area contributed by atoms with Crippen molar-refractivity contribution in [1.82, 2.24) is 24.9 Å². The van der Waals surface area contributed by atoms with E-state index in [-0.39, 0.29) is 31.1 Å². The van der Waals surface area contributed by atoms with Crippen LogP contribution in [0.1, 0.15) is 57.9 Å². The van der Waals surface area contributed by atoms with E-state index < -0.39 is 6.04 Å². The van der Waals surface area contributed by atoms with Gasteiger partial charge in [-0.15, -0.1) is 0 Å². The zero-order chi connectivity index (χ0) is 36.6. The topological polar surface area (TPSA) is 88.7 Å². The van der Waals surface area contributed by atoms with E-state index in [4.69, 9.17) is 16.3 Å². The summed E-state index contributed by atoms with van der Waals surface area (Å²) >= 11 is 6.40. The number of likely N-dealkylation sites (N-methyl/N-ethyl adjacent to an activating group) is 1. The van der Waals surface area contributed by atoms with Gasteiger partial charge in [-0.1, -0.05) is 93.6 Å². The normalized spacial score (nSPS) is 14.4. The van der Waals surface area contributed by atoms with Gasteiger partial charge in [0.15, 0.2) is 0 Å². The summed E-state index contributed by atoms with van der Waals surface area (Å²) in [5.74, 6) is 0.518. The van der Waals surface area contributed by atoms with Gasteiger partial charge in [-0.05, 0) is 56.3 Å². The fourth-order valence-electron chi connectivity index (χ4n) is 6.40. The molecule has 10 nitrogen and oxygen atoms in total. The number of methoxy groups -OCH3 is 1. The van der Waals surface area contributed by atoms with Gasteiger partial charge in [0.1, 0.15) is 11.8 Å². The van der Waals surface area contributed by atoms with Gasteiger partial charge in [-0.2, -0.15) is 0 Å². The summed E-state index contributed by atoms with van der Waals surface area (Å²) in [5.41, 5.74) is 2.29. The Bertz CT molecular complexity index is 1530. The Balaban J connectivity index is 1.56. The highest BCUT2D eigenvalue weighted by atomic mass is 35.5. The summed E-state index contributed by atoms with van der Waals surface area (Å²) in [6, 6.07) is 23.0. The van der Waals surface area contributed by atoms with Crippen molar-refractivity contribution >= 4 is 40.9 Å². The van der Waals surface area contributed by atoms with Gasteiger partial charge in [-0.3, -0.25) is 9.69 Å². The highest BCUT2D eigenvalue weighted by Gasteiger charge is 2.40. The fourth-order valence-corrected chi connectivity index (χ4v) is 6.58. The van der Waals surface area contributed by atoms with E-state index in [2.05, 4.69) is 24.1 Å². The molecule has 51 heavy (non-hydrogen) atoms. The Morgan fingerprint density at radius 3 is 2.16 bits per heavy atom. The zero-order valence-corrected chi connectivity index (χ0v) is 31.5. The van der Waals surface area contributed by atoms with Gasteiger partial charge in [-0.25, -0.2) is 9.59 Å². The Hall–Kier alpha value is -4.28. The number of para-hydroxylation sites is 2. The van der Waals surface area contributed by atoms with Gasteiger partial charge < -0.3 is 29.7 Å². The van der Waals surface area contributed by atoms with Crippen LogP contribution >= 0.6 is 11.6 Å². The Kier molecular flexibility index (Phi) is 15.9. The van der Waals surface area contributed by atoms with E-state index in [1.165, 1.54) is 0 Å². The number of hydrogen-bond acceptors (Lipinski definition) is 5. The standard InChI is InChI=1S/C40H55ClN6O4/c1-5-7-14-24-44(25-15-8-6-2)39(49)45-27-28-46(40(50)47(34-19-10-9-11-20-34)35-21-16-18-33(41)29-35)36(31-45)38(48)42-23-26-43(3)30-32-17-12-13-22-37(32)51-4/h9-13,16-22,29,36H,5-8,14-15,23-28,30-31H2,1-4H3,(H,42,48)/t36-/m0/s1. The molecule has 0 aliphatic carbocycles. The first kappa shape index (κ1) is 39.5. The lowest BCUT2D eigenvalue weighted by molar-refractivity contribution is -0.127. The van der Waals surface area contributed by atoms with Crippen LogP contribution in [0.5, 0.6) is 5.75 Å². The molecule has 5 amide bonds. The number of amides is 5. The smallest absolute Gasteiger partial charge is 0.329 e. The highest BCUT2D eigenvalue weighted by Crippen LogP contribution is 2.30. The molecule has 1 aliphatic rings. The summed E-state index contributed by atoms with van der Waals surface area (Å²) in [5, 5.41) is 3.58. The van der Waals surface area contributed by atoms with Crippen LogP contribution < -0.4 is 15.0 Å². The summed E-state index contributed by atoms with van der Waals surface area (Å²) in [6.07, 6.45) is 6.11. The number of nitrogens with zero attached hydrogens (tertiary/aromatic N) is 5. The Morgan fingerprint density at radius 1 is 0.824 bits per heavy atom. The summed E-state index contributed by atoms with van der Waals surface area (Å²) in [4.78, 5) is 51.8. The van der Waals surface area contributed by atoms with Gasteiger partial charge in [0.2, 0.25) is 5.91 Å². The van der Waals surface area contributed by atoms with Crippen LogP contribution in [0.4, 0.5) is 21.0 Å². The van der Waals surface area contributed by atoms with E-state index in [1.807, 2.05) is 72.6 Å². The van der Waals surface area contributed by atoms with Crippen molar-refractivity contribution in [3.05, 3.63) is 89.4 Å². The predicted molar refractivity (Wildman–Crippen MR) is 206 cm³/mol. The fraction of sp³-hybridized carbons (Fsp3) is 0.475. The Morgan fingerprint density at radius 2 is 1.49 bits per heavy atom. The number of rotatable bonds is 17. The summed E-state index contributed by atoms with van der Waals surface area (Å²) in [7, 11) is 3.65. The van der Waals surface area contributed by atoms with E-state index in [9.17, 15) is 14.4 Å². The Labute approximate surface area is 309 Å². The molecular formula is C40H55ClN6O4. The summed E-state index contributed by atoms with van der Waals surface area (Å²) < 4.78 is 5.51. The van der Waals surface area contributed by atoms with Crippen LogP contribution in [-0.4, -0.2) is 104 Å². The van der Waals surface area contributed by atoms with Crippen molar-refractivity contribution in [2.24, 2.45) is 0 Å². The average Bonchev–Trinajstić information content (AvgIpc) is 3.14. The molecule has 11 heteroatoms. The summed E-state index contributed by atoms with van der Waals surface area (Å²) in [6.45, 7) is 7.90. The van der Waals surface area contributed by atoms with Crippen molar-refractivity contribution in [3.8, 4) is 5.75 Å². The minimum absolute atomic E-state index is 0.0709. The maximum Gasteiger partial charge on any atom is 0.329 e. The van der Waals surface area contributed by atoms with Crippen LogP contribution in [-0.2, 0) is 11.3 Å². The molecule has 0 radical (unpaired) electrons. The lowest BCUT2D eigenvalue weighted by atomic mass is 10.1. The third-order valence-electron chi connectivity index (χ3n) is 9.23. The molecule has 1 heterocycles. The molecule has 1 aliphatic heterocycles. The predicted octanol–water partition coefficient (Wildman–Crippen LogP) is 7.64. The minimum Gasteiger partial charge on any atom is -0.496 e. The number of carbonyl (C=O) groups excluding carboxylic acids is 3. The number of carbonyl (C=O) groups is 3. The molecule has 3 aromatic carbocycles. The molecule has 1 fully saturated rings. The molecule has 0 aromatic heterocycles. The number of unbranched alkanes of at least 4 members (excludes halogenated alkanes) is 4. The van der Waals surface area contributed by atoms with Crippen LogP contribution in [0.2, 0.25) is 5.02 Å². The third kappa shape index (κ3) is 11.4. The molecule has 4 rings (SSSR count). The second-order valence-electron chi connectivity index (χ2n) is 13.1. The molecule has 1 atom stereocenters. The lowest BCUT2D eigenvalue weighted by Crippen LogP contribution is -2.64. The van der Waals surface area contributed by atoms with Gasteiger partial charge in [0, 0.05) is 56.4 Å². The van der Waals surface area contributed by atoms with Crippen molar-refractivity contribution < 1.29 is 19.1 Å². The van der Waals surface area contributed by atoms with E-state index in [0.717, 1.165) is 49.8 Å². The molecule has 0 spiro atoms.